The fraction of sp³-hybridized carbons (Fsp3) is 0.278. The largest absolute Gasteiger partial charge is 0.497 e. The Morgan fingerprint density at radius 2 is 2.00 bits per heavy atom. The number of methoxy groups -OCH3 is 1. The van der Waals surface area contributed by atoms with E-state index in [0.29, 0.717) is 5.56 Å². The summed E-state index contributed by atoms with van der Waals surface area (Å²) in [5.74, 6) is 0.755. The maximum Gasteiger partial charge on any atom is 0.255 e. The van der Waals surface area contributed by atoms with E-state index in [2.05, 4.69) is 10.2 Å². The van der Waals surface area contributed by atoms with Crippen LogP contribution in [0.2, 0.25) is 0 Å². The molecule has 0 unspecified atom stereocenters. The third-order valence-electron chi connectivity index (χ3n) is 4.69. The van der Waals surface area contributed by atoms with Crippen molar-refractivity contribution in [3.63, 3.8) is 0 Å². The number of anilines is 1. The summed E-state index contributed by atoms with van der Waals surface area (Å²) < 4.78 is 5.21. The molecule has 2 aliphatic rings. The van der Waals surface area contributed by atoms with Crippen LogP contribution in [0.5, 0.6) is 5.75 Å². The minimum atomic E-state index is -0.172. The van der Waals surface area contributed by atoms with E-state index < -0.39 is 0 Å². The Labute approximate surface area is 135 Å². The average Bonchev–Trinajstić information content (AvgIpc) is 2.60. The highest BCUT2D eigenvalue weighted by Crippen LogP contribution is 2.42. The predicted octanol–water partition coefficient (Wildman–Crippen LogP) is 2.35. The lowest BCUT2D eigenvalue weighted by atomic mass is 9.90. The first-order valence-corrected chi connectivity index (χ1v) is 7.79. The maximum atomic E-state index is 12.5. The van der Waals surface area contributed by atoms with E-state index in [1.54, 1.807) is 7.11 Å². The van der Waals surface area contributed by atoms with Gasteiger partial charge in [0.1, 0.15) is 11.9 Å². The number of para-hydroxylation sites is 1. The number of carbonyl (C=O) groups excluding carboxylic acids is 1. The van der Waals surface area contributed by atoms with Gasteiger partial charge in [-0.05, 0) is 35.7 Å². The van der Waals surface area contributed by atoms with Crippen molar-refractivity contribution in [2.75, 3.05) is 18.6 Å². The van der Waals surface area contributed by atoms with E-state index >= 15 is 0 Å². The van der Waals surface area contributed by atoms with Gasteiger partial charge in [0, 0.05) is 12.6 Å². The van der Waals surface area contributed by atoms with Gasteiger partial charge in [-0.3, -0.25) is 4.79 Å². The average molecular weight is 309 g/mol. The second-order valence-electron chi connectivity index (χ2n) is 5.98. The lowest BCUT2D eigenvalue weighted by Crippen LogP contribution is -2.49. The zero-order valence-corrected chi connectivity index (χ0v) is 13.0. The summed E-state index contributed by atoms with van der Waals surface area (Å²) in [7, 11) is 1.64. The number of rotatable bonds is 2. The lowest BCUT2D eigenvalue weighted by Gasteiger charge is -2.44. The molecule has 2 atom stereocenters. The Morgan fingerprint density at radius 1 is 1.22 bits per heavy atom. The van der Waals surface area contributed by atoms with Gasteiger partial charge >= 0.3 is 0 Å². The van der Waals surface area contributed by atoms with Gasteiger partial charge in [-0.15, -0.1) is 0 Å². The molecule has 0 aromatic heterocycles. The minimum absolute atomic E-state index is 0.0105. The quantitative estimate of drug-likeness (QED) is 0.893. The van der Waals surface area contributed by atoms with E-state index in [1.165, 1.54) is 0 Å². The van der Waals surface area contributed by atoms with Crippen molar-refractivity contribution in [2.45, 2.75) is 18.6 Å². The maximum absolute atomic E-state index is 12.5. The van der Waals surface area contributed by atoms with Crippen molar-refractivity contribution in [1.82, 2.24) is 5.32 Å². The molecule has 5 heteroatoms. The monoisotopic (exact) mass is 309 g/mol. The molecule has 0 fully saturated rings. The van der Waals surface area contributed by atoms with Gasteiger partial charge in [0.15, 0.2) is 0 Å². The Hall–Kier alpha value is -2.53. The van der Waals surface area contributed by atoms with E-state index in [-0.39, 0.29) is 18.1 Å². The fourth-order valence-electron chi connectivity index (χ4n) is 3.50. The number of ether oxygens (including phenoxy) is 1. The number of benzene rings is 2. The lowest BCUT2D eigenvalue weighted by molar-refractivity contribution is 0.0925. The molecule has 0 bridgehead atoms. The van der Waals surface area contributed by atoms with E-state index in [1.807, 2.05) is 42.5 Å². The summed E-state index contributed by atoms with van der Waals surface area (Å²) in [6, 6.07) is 13.6. The molecule has 2 aromatic carbocycles. The Balaban J connectivity index is 1.80. The molecule has 0 saturated carbocycles. The van der Waals surface area contributed by atoms with Crippen LogP contribution in [0.4, 0.5) is 5.69 Å². The molecule has 0 radical (unpaired) electrons. The highest BCUT2D eigenvalue weighted by molar-refractivity contribution is 6.03. The van der Waals surface area contributed by atoms with Gasteiger partial charge in [0.25, 0.3) is 5.91 Å². The highest BCUT2D eigenvalue weighted by atomic mass is 16.5. The standard InChI is InChI=1S/C18H19N3O2/c1-23-12-7-5-11(6-8-12)17-20-18(22)14-4-2-3-13-15(19)9-10-21(17)16(13)14/h2-8,15,17H,9-10,19H2,1H3,(H,20,22)/t15-,17+/m1/s1. The van der Waals surface area contributed by atoms with Crippen LogP contribution in [0.15, 0.2) is 42.5 Å². The SMILES string of the molecule is COc1ccc([C@H]2NC(=O)c3cccc4c3N2CC[C@H]4N)cc1. The van der Waals surface area contributed by atoms with Crippen LogP contribution in [0.1, 0.15) is 40.1 Å². The molecule has 118 valence electrons. The molecule has 0 saturated heterocycles. The van der Waals surface area contributed by atoms with Crippen LogP contribution in [-0.2, 0) is 0 Å². The summed E-state index contributed by atoms with van der Waals surface area (Å²) >= 11 is 0. The van der Waals surface area contributed by atoms with Crippen LogP contribution in [0.3, 0.4) is 0 Å². The fourth-order valence-corrected chi connectivity index (χ4v) is 3.50. The summed E-state index contributed by atoms with van der Waals surface area (Å²) in [6.45, 7) is 0.822. The molecule has 0 aliphatic carbocycles. The second-order valence-corrected chi connectivity index (χ2v) is 5.98. The molecule has 1 amide bonds. The second kappa shape index (κ2) is 5.28. The molecule has 23 heavy (non-hydrogen) atoms. The summed E-state index contributed by atoms with van der Waals surface area (Å²) in [4.78, 5) is 14.8. The first-order valence-electron chi connectivity index (χ1n) is 7.79. The van der Waals surface area contributed by atoms with Crippen molar-refractivity contribution in [1.29, 1.82) is 0 Å². The Morgan fingerprint density at radius 3 is 2.74 bits per heavy atom. The zero-order chi connectivity index (χ0) is 16.0. The summed E-state index contributed by atoms with van der Waals surface area (Å²) in [5, 5.41) is 3.11. The zero-order valence-electron chi connectivity index (χ0n) is 13.0. The van der Waals surface area contributed by atoms with Gasteiger partial charge in [0.05, 0.1) is 18.4 Å². The smallest absolute Gasteiger partial charge is 0.255 e. The number of carbonyl (C=O) groups is 1. The molecule has 2 aromatic rings. The van der Waals surface area contributed by atoms with Crippen molar-refractivity contribution in [3.8, 4) is 5.75 Å². The Bertz CT molecular complexity index is 757. The molecular weight excluding hydrogens is 290 g/mol. The normalized spacial score (nSPS) is 22.3. The summed E-state index contributed by atoms with van der Waals surface area (Å²) in [5.41, 5.74) is 10.0. The van der Waals surface area contributed by atoms with Crippen molar-refractivity contribution < 1.29 is 9.53 Å². The van der Waals surface area contributed by atoms with Crippen LogP contribution in [0, 0.1) is 0 Å². The van der Waals surface area contributed by atoms with Gasteiger partial charge < -0.3 is 20.7 Å². The topological polar surface area (TPSA) is 67.6 Å². The molecule has 4 rings (SSSR count). The van der Waals surface area contributed by atoms with Gasteiger partial charge in [-0.25, -0.2) is 0 Å². The molecule has 2 heterocycles. The molecular formula is C18H19N3O2. The summed E-state index contributed by atoms with van der Waals surface area (Å²) in [6.07, 6.45) is 0.702. The number of nitrogens with two attached hydrogens (primary N) is 1. The molecule has 2 aliphatic heterocycles. The molecule has 5 nitrogen and oxygen atoms in total. The highest BCUT2D eigenvalue weighted by Gasteiger charge is 2.36. The third kappa shape index (κ3) is 2.16. The van der Waals surface area contributed by atoms with Gasteiger partial charge in [-0.2, -0.15) is 0 Å². The first-order chi connectivity index (χ1) is 11.2. The molecule has 3 N–H and O–H groups in total. The van der Waals surface area contributed by atoms with Crippen LogP contribution in [-0.4, -0.2) is 19.6 Å². The number of hydrogen-bond donors (Lipinski definition) is 2. The van der Waals surface area contributed by atoms with Gasteiger partial charge in [0.2, 0.25) is 0 Å². The van der Waals surface area contributed by atoms with Crippen LogP contribution < -0.4 is 20.7 Å². The number of hydrogen-bond acceptors (Lipinski definition) is 4. The van der Waals surface area contributed by atoms with E-state index in [4.69, 9.17) is 10.5 Å². The van der Waals surface area contributed by atoms with Crippen LogP contribution in [0.25, 0.3) is 0 Å². The Kier molecular flexibility index (Phi) is 3.23. The molecule has 0 spiro atoms. The van der Waals surface area contributed by atoms with E-state index in [0.717, 1.165) is 35.5 Å². The van der Waals surface area contributed by atoms with E-state index in [9.17, 15) is 4.79 Å². The van der Waals surface area contributed by atoms with Crippen molar-refractivity contribution in [3.05, 3.63) is 59.2 Å². The minimum Gasteiger partial charge on any atom is -0.497 e. The number of amides is 1. The third-order valence-corrected chi connectivity index (χ3v) is 4.69. The predicted molar refractivity (Wildman–Crippen MR) is 88.5 cm³/mol. The van der Waals surface area contributed by atoms with Crippen molar-refractivity contribution >= 4 is 11.6 Å². The number of nitrogens with zero attached hydrogens (tertiary/aromatic N) is 1. The number of nitrogens with one attached hydrogen (secondary N) is 1. The van der Waals surface area contributed by atoms with Crippen molar-refractivity contribution in [2.24, 2.45) is 5.73 Å². The van der Waals surface area contributed by atoms with Gasteiger partial charge in [-0.1, -0.05) is 24.3 Å². The first kappa shape index (κ1) is 14.1. The van der Waals surface area contributed by atoms with Crippen LogP contribution >= 0.6 is 0 Å².